The van der Waals surface area contributed by atoms with Crippen molar-refractivity contribution in [1.82, 2.24) is 10.2 Å². The zero-order valence-electron chi connectivity index (χ0n) is 18.4. The largest absolute Gasteiger partial charge is 0.464 e. The Morgan fingerprint density at radius 2 is 1.97 bits per heavy atom. The van der Waals surface area contributed by atoms with Crippen molar-refractivity contribution in [3.05, 3.63) is 64.4 Å². The van der Waals surface area contributed by atoms with Gasteiger partial charge in [0, 0.05) is 17.4 Å². The minimum Gasteiger partial charge on any atom is -0.464 e. The average molecular weight is 500 g/mol. The minimum absolute atomic E-state index is 0.0106. The molecular weight excluding hydrogens is 478 g/mol. The van der Waals surface area contributed by atoms with Gasteiger partial charge in [-0.25, -0.2) is 4.79 Å². The van der Waals surface area contributed by atoms with Gasteiger partial charge < -0.3 is 18.9 Å². The lowest BCUT2D eigenvalue weighted by molar-refractivity contribution is -0.120. The first-order chi connectivity index (χ1) is 16.5. The Hall–Kier alpha value is -3.44. The van der Waals surface area contributed by atoms with Crippen molar-refractivity contribution in [2.24, 2.45) is 5.92 Å². The number of rotatable bonds is 9. The fourth-order valence-electron chi connectivity index (χ4n) is 3.14. The summed E-state index contributed by atoms with van der Waals surface area (Å²) < 4.78 is 16.7. The second-order valence-corrected chi connectivity index (χ2v) is 9.48. The van der Waals surface area contributed by atoms with Crippen LogP contribution in [0.4, 0.5) is 5.13 Å². The number of benzene rings is 1. The first-order valence-electron chi connectivity index (χ1n) is 10.6. The van der Waals surface area contributed by atoms with E-state index in [4.69, 9.17) is 13.6 Å². The minimum atomic E-state index is -0.789. The van der Waals surface area contributed by atoms with Gasteiger partial charge in [-0.15, -0.1) is 10.2 Å². The van der Waals surface area contributed by atoms with E-state index >= 15 is 0 Å². The number of carbonyl (C=O) groups is 2. The smallest absolute Gasteiger partial charge is 0.379 e. The fourth-order valence-corrected chi connectivity index (χ4v) is 4.79. The number of carbonyl (C=O) groups excluding carboxylic acids is 2. The van der Waals surface area contributed by atoms with Crippen LogP contribution in [-0.2, 0) is 10.5 Å². The van der Waals surface area contributed by atoms with Gasteiger partial charge >= 0.3 is 5.97 Å². The molecule has 4 rings (SSSR count). The first-order valence-corrected chi connectivity index (χ1v) is 12.4. The number of aromatic nitrogens is 2. The van der Waals surface area contributed by atoms with Crippen molar-refractivity contribution in [1.29, 1.82) is 0 Å². The van der Waals surface area contributed by atoms with E-state index < -0.39 is 11.4 Å². The van der Waals surface area contributed by atoms with Crippen LogP contribution in [0.25, 0.3) is 11.0 Å². The standard InChI is InChI=1S/C23H21N3O6S2/c1-3-13(4-2)20(28)24-22-25-26-23(34-22)33-12-15-10-16(27)19(11-30-15)32-21(29)18-9-14-7-5-6-8-17(14)31-18/h5-11,13H,3-4,12H2,1-2H3,(H,24,25,28). The number of nitrogens with zero attached hydrogens (tertiary/aromatic N) is 2. The lowest BCUT2D eigenvalue weighted by Crippen LogP contribution is -2.21. The van der Waals surface area contributed by atoms with Crippen molar-refractivity contribution in [2.75, 3.05) is 5.32 Å². The van der Waals surface area contributed by atoms with Gasteiger partial charge in [0.15, 0.2) is 4.34 Å². The van der Waals surface area contributed by atoms with Gasteiger partial charge in [-0.05, 0) is 25.0 Å². The molecule has 0 aliphatic heterocycles. The summed E-state index contributed by atoms with van der Waals surface area (Å²) in [6.07, 6.45) is 2.61. The maximum absolute atomic E-state index is 12.4. The summed E-state index contributed by atoms with van der Waals surface area (Å²) in [6.45, 7) is 3.93. The second kappa shape index (κ2) is 10.7. The summed E-state index contributed by atoms with van der Waals surface area (Å²) in [4.78, 5) is 36.9. The molecule has 0 saturated heterocycles. The summed E-state index contributed by atoms with van der Waals surface area (Å²) in [6, 6.07) is 9.95. The Morgan fingerprint density at radius 1 is 1.18 bits per heavy atom. The van der Waals surface area contributed by atoms with E-state index in [1.165, 1.54) is 29.2 Å². The molecule has 34 heavy (non-hydrogen) atoms. The lowest BCUT2D eigenvalue weighted by atomic mass is 10.0. The third-order valence-corrected chi connectivity index (χ3v) is 7.01. The monoisotopic (exact) mass is 499 g/mol. The van der Waals surface area contributed by atoms with E-state index in [1.54, 1.807) is 24.3 Å². The molecule has 11 heteroatoms. The van der Waals surface area contributed by atoms with Crippen LogP contribution < -0.4 is 15.5 Å². The highest BCUT2D eigenvalue weighted by atomic mass is 32.2. The number of anilines is 1. The number of amides is 1. The number of hydrogen-bond acceptors (Lipinski definition) is 10. The molecule has 0 bridgehead atoms. The second-order valence-electron chi connectivity index (χ2n) is 7.28. The normalized spacial score (nSPS) is 11.1. The van der Waals surface area contributed by atoms with Gasteiger partial charge in [0.1, 0.15) is 17.6 Å². The van der Waals surface area contributed by atoms with E-state index in [-0.39, 0.29) is 23.3 Å². The van der Waals surface area contributed by atoms with Gasteiger partial charge in [0.2, 0.25) is 28.0 Å². The number of esters is 1. The van der Waals surface area contributed by atoms with Crippen LogP contribution in [-0.4, -0.2) is 22.1 Å². The molecule has 3 aromatic heterocycles. The van der Waals surface area contributed by atoms with E-state index in [2.05, 4.69) is 15.5 Å². The molecule has 1 amide bonds. The zero-order chi connectivity index (χ0) is 24.1. The molecule has 3 heterocycles. The maximum Gasteiger partial charge on any atom is 0.379 e. The van der Waals surface area contributed by atoms with Crippen molar-refractivity contribution in [3.8, 4) is 5.75 Å². The number of furan rings is 1. The Balaban J connectivity index is 1.34. The Morgan fingerprint density at radius 3 is 2.71 bits per heavy atom. The Labute approximate surface area is 202 Å². The molecule has 0 atom stereocenters. The number of nitrogens with one attached hydrogen (secondary N) is 1. The SMILES string of the molecule is CCC(CC)C(=O)Nc1nnc(SCc2cc(=O)c(OC(=O)c3cc4ccccc4o3)co2)s1. The third-order valence-electron chi connectivity index (χ3n) is 5.01. The summed E-state index contributed by atoms with van der Waals surface area (Å²) in [5, 5.41) is 12.0. The number of hydrogen-bond donors (Lipinski definition) is 1. The van der Waals surface area contributed by atoms with E-state index in [1.807, 2.05) is 19.9 Å². The molecule has 176 valence electrons. The summed E-state index contributed by atoms with van der Waals surface area (Å²) in [5.74, 6) is -0.489. The van der Waals surface area contributed by atoms with Gasteiger partial charge in [-0.3, -0.25) is 9.59 Å². The lowest BCUT2D eigenvalue weighted by Gasteiger charge is -2.09. The van der Waals surface area contributed by atoms with Crippen molar-refractivity contribution < 1.29 is 23.2 Å². The summed E-state index contributed by atoms with van der Waals surface area (Å²) >= 11 is 2.55. The van der Waals surface area contributed by atoms with Gasteiger partial charge in [0.25, 0.3) is 0 Å². The third kappa shape index (κ3) is 5.54. The zero-order valence-corrected chi connectivity index (χ0v) is 20.0. The molecule has 0 spiro atoms. The molecule has 4 aromatic rings. The molecule has 0 saturated carbocycles. The average Bonchev–Trinajstić information content (AvgIpc) is 3.47. The molecule has 9 nitrogen and oxygen atoms in total. The fraction of sp³-hybridized carbons (Fsp3) is 0.261. The predicted octanol–water partition coefficient (Wildman–Crippen LogP) is 5.12. The number of para-hydroxylation sites is 1. The quantitative estimate of drug-likeness (QED) is 0.190. The summed E-state index contributed by atoms with van der Waals surface area (Å²) in [5.41, 5.74) is 0.0468. The highest BCUT2D eigenvalue weighted by Crippen LogP contribution is 2.29. The molecule has 0 fully saturated rings. The molecule has 1 aromatic carbocycles. The van der Waals surface area contributed by atoms with Crippen LogP contribution in [0, 0.1) is 5.92 Å². The van der Waals surface area contributed by atoms with E-state index in [0.29, 0.717) is 26.6 Å². The van der Waals surface area contributed by atoms with E-state index in [0.717, 1.165) is 24.5 Å². The highest BCUT2D eigenvalue weighted by molar-refractivity contribution is 8.00. The van der Waals surface area contributed by atoms with Crippen molar-refractivity contribution in [3.63, 3.8) is 0 Å². The van der Waals surface area contributed by atoms with Crippen LogP contribution in [0.1, 0.15) is 43.0 Å². The van der Waals surface area contributed by atoms with Crippen molar-refractivity contribution in [2.45, 2.75) is 36.8 Å². The van der Waals surface area contributed by atoms with Crippen LogP contribution in [0.2, 0.25) is 0 Å². The van der Waals surface area contributed by atoms with Gasteiger partial charge in [-0.1, -0.05) is 55.1 Å². The van der Waals surface area contributed by atoms with Gasteiger partial charge in [0.05, 0.1) is 5.75 Å². The Bertz CT molecular complexity index is 1340. The predicted molar refractivity (Wildman–Crippen MR) is 128 cm³/mol. The molecular formula is C23H21N3O6S2. The number of thioether (sulfide) groups is 1. The van der Waals surface area contributed by atoms with Crippen LogP contribution in [0.3, 0.4) is 0 Å². The Kier molecular flexibility index (Phi) is 7.43. The van der Waals surface area contributed by atoms with Crippen LogP contribution in [0.5, 0.6) is 5.75 Å². The maximum atomic E-state index is 12.4. The molecule has 0 aliphatic carbocycles. The summed E-state index contributed by atoms with van der Waals surface area (Å²) in [7, 11) is 0. The molecule has 1 N–H and O–H groups in total. The van der Waals surface area contributed by atoms with Crippen LogP contribution >= 0.6 is 23.1 Å². The molecule has 0 unspecified atom stereocenters. The van der Waals surface area contributed by atoms with Crippen molar-refractivity contribution >= 4 is 51.1 Å². The number of fused-ring (bicyclic) bond motifs is 1. The number of ether oxygens (including phenoxy) is 1. The molecule has 0 radical (unpaired) electrons. The van der Waals surface area contributed by atoms with E-state index in [9.17, 15) is 14.4 Å². The topological polar surface area (TPSA) is 125 Å². The highest BCUT2D eigenvalue weighted by Gasteiger charge is 2.18. The van der Waals surface area contributed by atoms with Crippen LogP contribution in [0.15, 0.2) is 60.6 Å². The van der Waals surface area contributed by atoms with Gasteiger partial charge in [-0.2, -0.15) is 0 Å². The first kappa shape index (κ1) is 23.7. The molecule has 0 aliphatic rings.